The van der Waals surface area contributed by atoms with Gasteiger partial charge < -0.3 is 0 Å². The van der Waals surface area contributed by atoms with Gasteiger partial charge in [-0.3, -0.25) is 4.98 Å². The van der Waals surface area contributed by atoms with Gasteiger partial charge in [-0.25, -0.2) is 4.68 Å². The Morgan fingerprint density at radius 1 is 1.25 bits per heavy atom. The van der Waals surface area contributed by atoms with Crippen LogP contribution in [-0.4, -0.2) is 30.5 Å². The molecule has 5 nitrogen and oxygen atoms in total. The van der Waals surface area contributed by atoms with Crippen LogP contribution in [0.25, 0.3) is 11.5 Å². The Morgan fingerprint density at radius 3 is 2.94 bits per heavy atom. The largest absolute Gasteiger partial charge is 0.253 e. The molecule has 0 aliphatic carbocycles. The maximum atomic E-state index is 4.24. The van der Waals surface area contributed by atoms with E-state index < -0.39 is 0 Å². The minimum absolute atomic E-state index is 0.732. The summed E-state index contributed by atoms with van der Waals surface area (Å²) < 4.78 is 1.80. The van der Waals surface area contributed by atoms with Crippen molar-refractivity contribution in [1.29, 1.82) is 0 Å². The maximum absolute atomic E-state index is 4.24. The molecule has 16 heavy (non-hydrogen) atoms. The number of hydrogen-bond donors (Lipinski definition) is 0. The summed E-state index contributed by atoms with van der Waals surface area (Å²) in [7, 11) is 0. The van der Waals surface area contributed by atoms with Crippen molar-refractivity contribution in [3.63, 3.8) is 0 Å². The number of tetrazole rings is 1. The Morgan fingerprint density at radius 2 is 2.19 bits per heavy atom. The summed E-state index contributed by atoms with van der Waals surface area (Å²) in [5.41, 5.74) is 0.811. The molecule has 0 aliphatic heterocycles. The van der Waals surface area contributed by atoms with E-state index in [2.05, 4.69) is 36.4 Å². The number of halogens is 1. The average Bonchev–Trinajstić information content (AvgIpc) is 2.79. The molecular formula is C10H12BrN5. The number of unbranched alkanes of at least 4 members (excludes halogenated alkanes) is 1. The van der Waals surface area contributed by atoms with Gasteiger partial charge in [-0.15, -0.1) is 5.10 Å². The summed E-state index contributed by atoms with van der Waals surface area (Å²) in [6.07, 6.45) is 3.91. The molecule has 2 aromatic heterocycles. The third-order valence-corrected chi connectivity index (χ3v) is 2.74. The first-order valence-electron chi connectivity index (χ1n) is 5.15. The lowest BCUT2D eigenvalue weighted by atomic mass is 10.3. The molecule has 0 aromatic carbocycles. The van der Waals surface area contributed by atoms with Crippen LogP contribution in [0.1, 0.15) is 12.8 Å². The molecule has 0 fully saturated rings. The van der Waals surface area contributed by atoms with E-state index in [1.54, 1.807) is 10.9 Å². The van der Waals surface area contributed by atoms with Gasteiger partial charge >= 0.3 is 0 Å². The lowest BCUT2D eigenvalue weighted by molar-refractivity contribution is 0.559. The van der Waals surface area contributed by atoms with Crippen molar-refractivity contribution in [2.24, 2.45) is 0 Å². The highest BCUT2D eigenvalue weighted by Gasteiger charge is 2.08. The first kappa shape index (κ1) is 11.2. The van der Waals surface area contributed by atoms with E-state index in [0.717, 1.165) is 36.2 Å². The van der Waals surface area contributed by atoms with Gasteiger partial charge in [0.2, 0.25) is 5.82 Å². The Balaban J connectivity index is 2.13. The molecule has 0 saturated heterocycles. The molecule has 2 aromatic rings. The fraction of sp³-hybridized carbons (Fsp3) is 0.400. The molecule has 84 valence electrons. The third kappa shape index (κ3) is 2.63. The average molecular weight is 282 g/mol. The van der Waals surface area contributed by atoms with Crippen LogP contribution < -0.4 is 0 Å². The summed E-state index contributed by atoms with van der Waals surface area (Å²) in [5.74, 6) is 0.732. The predicted molar refractivity (Wildman–Crippen MR) is 64.1 cm³/mol. The van der Waals surface area contributed by atoms with Crippen molar-refractivity contribution in [1.82, 2.24) is 25.2 Å². The first-order chi connectivity index (χ1) is 7.92. The summed E-state index contributed by atoms with van der Waals surface area (Å²) in [6.45, 7) is 0.824. The highest BCUT2D eigenvalue weighted by atomic mass is 79.9. The SMILES string of the molecule is BrCCCCn1nnnc1-c1ccccn1. The summed E-state index contributed by atoms with van der Waals surface area (Å²) >= 11 is 3.40. The van der Waals surface area contributed by atoms with Gasteiger partial charge in [-0.05, 0) is 35.4 Å². The third-order valence-electron chi connectivity index (χ3n) is 2.18. The van der Waals surface area contributed by atoms with Gasteiger partial charge in [0, 0.05) is 18.1 Å². The van der Waals surface area contributed by atoms with E-state index in [9.17, 15) is 0 Å². The zero-order valence-corrected chi connectivity index (χ0v) is 10.3. The summed E-state index contributed by atoms with van der Waals surface area (Å²) in [5, 5.41) is 12.7. The van der Waals surface area contributed by atoms with Crippen LogP contribution in [0.15, 0.2) is 24.4 Å². The molecule has 2 heterocycles. The number of aromatic nitrogens is 5. The molecule has 0 atom stereocenters. The van der Waals surface area contributed by atoms with E-state index in [0.29, 0.717) is 0 Å². The lowest BCUT2D eigenvalue weighted by Crippen LogP contribution is -2.04. The second kappa shape index (κ2) is 5.69. The highest BCUT2D eigenvalue weighted by molar-refractivity contribution is 9.09. The normalized spacial score (nSPS) is 10.6. The number of hydrogen-bond acceptors (Lipinski definition) is 4. The molecule has 6 heteroatoms. The van der Waals surface area contributed by atoms with Crippen molar-refractivity contribution < 1.29 is 0 Å². The van der Waals surface area contributed by atoms with Crippen LogP contribution in [0.2, 0.25) is 0 Å². The van der Waals surface area contributed by atoms with Crippen LogP contribution in [0, 0.1) is 0 Å². The summed E-state index contributed by atoms with van der Waals surface area (Å²) in [6, 6.07) is 5.72. The number of pyridine rings is 1. The molecule has 0 N–H and O–H groups in total. The Labute approximate surface area is 102 Å². The Kier molecular flexibility index (Phi) is 3.98. The molecule has 0 bridgehead atoms. The van der Waals surface area contributed by atoms with Gasteiger partial charge in [0.1, 0.15) is 5.69 Å². The van der Waals surface area contributed by atoms with Crippen molar-refractivity contribution in [2.75, 3.05) is 5.33 Å². The van der Waals surface area contributed by atoms with Gasteiger partial charge in [-0.1, -0.05) is 22.0 Å². The van der Waals surface area contributed by atoms with Gasteiger partial charge in [-0.2, -0.15) is 0 Å². The molecule has 0 saturated carbocycles. The molecular weight excluding hydrogens is 270 g/mol. The van der Waals surface area contributed by atoms with Crippen LogP contribution in [0.3, 0.4) is 0 Å². The van der Waals surface area contributed by atoms with Crippen LogP contribution >= 0.6 is 15.9 Å². The number of alkyl halides is 1. The molecule has 0 unspecified atom stereocenters. The molecule has 0 aliphatic rings. The number of rotatable bonds is 5. The van der Waals surface area contributed by atoms with Crippen molar-refractivity contribution in [2.45, 2.75) is 19.4 Å². The van der Waals surface area contributed by atoms with E-state index in [1.165, 1.54) is 0 Å². The van der Waals surface area contributed by atoms with E-state index in [-0.39, 0.29) is 0 Å². The van der Waals surface area contributed by atoms with Gasteiger partial charge in [0.25, 0.3) is 0 Å². The topological polar surface area (TPSA) is 56.5 Å². The first-order valence-corrected chi connectivity index (χ1v) is 6.27. The molecule has 2 rings (SSSR count). The highest BCUT2D eigenvalue weighted by Crippen LogP contribution is 2.12. The standard InChI is InChI=1S/C10H12BrN5/c11-6-2-4-8-16-10(13-14-15-16)9-5-1-3-7-12-9/h1,3,5,7H,2,4,6,8H2. The number of nitrogens with zero attached hydrogens (tertiary/aromatic N) is 5. The second-order valence-corrected chi connectivity index (χ2v) is 4.13. The van der Waals surface area contributed by atoms with Gasteiger partial charge in [0.15, 0.2) is 0 Å². The molecule has 0 radical (unpaired) electrons. The van der Waals surface area contributed by atoms with E-state index in [1.807, 2.05) is 18.2 Å². The number of aryl methyl sites for hydroxylation is 1. The van der Waals surface area contributed by atoms with Crippen LogP contribution in [0.4, 0.5) is 0 Å². The zero-order chi connectivity index (χ0) is 11.2. The monoisotopic (exact) mass is 281 g/mol. The smallest absolute Gasteiger partial charge is 0.200 e. The second-order valence-electron chi connectivity index (χ2n) is 3.34. The van der Waals surface area contributed by atoms with E-state index >= 15 is 0 Å². The minimum Gasteiger partial charge on any atom is -0.253 e. The zero-order valence-electron chi connectivity index (χ0n) is 8.75. The Hall–Kier alpha value is -1.30. The lowest BCUT2D eigenvalue weighted by Gasteiger charge is -2.02. The van der Waals surface area contributed by atoms with Crippen LogP contribution in [0.5, 0.6) is 0 Å². The van der Waals surface area contributed by atoms with Crippen LogP contribution in [-0.2, 0) is 6.54 Å². The van der Waals surface area contributed by atoms with Crippen molar-refractivity contribution in [3.05, 3.63) is 24.4 Å². The quantitative estimate of drug-likeness (QED) is 0.621. The fourth-order valence-electron chi connectivity index (χ4n) is 1.39. The Bertz CT molecular complexity index is 428. The molecule has 0 spiro atoms. The summed E-state index contributed by atoms with van der Waals surface area (Å²) in [4.78, 5) is 4.24. The maximum Gasteiger partial charge on any atom is 0.200 e. The predicted octanol–water partition coefficient (Wildman–Crippen LogP) is 1.91. The fourth-order valence-corrected chi connectivity index (χ4v) is 1.79. The van der Waals surface area contributed by atoms with Crippen molar-refractivity contribution in [3.8, 4) is 11.5 Å². The van der Waals surface area contributed by atoms with E-state index in [4.69, 9.17) is 0 Å². The van der Waals surface area contributed by atoms with Gasteiger partial charge in [0.05, 0.1) is 0 Å². The van der Waals surface area contributed by atoms with Crippen molar-refractivity contribution >= 4 is 15.9 Å². The minimum atomic E-state index is 0.732. The molecule has 0 amide bonds.